The van der Waals surface area contributed by atoms with Gasteiger partial charge in [0.25, 0.3) is 11.8 Å². The number of halogens is 1. The lowest BCUT2D eigenvalue weighted by Crippen LogP contribution is -2.35. The summed E-state index contributed by atoms with van der Waals surface area (Å²) in [6, 6.07) is 18.4. The fraction of sp³-hybridized carbons (Fsp3) is 0.130. The summed E-state index contributed by atoms with van der Waals surface area (Å²) in [5.41, 5.74) is 1.32. The predicted molar refractivity (Wildman–Crippen MR) is 109 cm³/mol. The first-order valence-electron chi connectivity index (χ1n) is 9.21. The molecule has 3 aromatic rings. The Hall–Kier alpha value is -3.51. The van der Waals surface area contributed by atoms with Crippen molar-refractivity contribution >= 4 is 33.8 Å². The molecule has 146 valence electrons. The third kappa shape index (κ3) is 3.17. The summed E-state index contributed by atoms with van der Waals surface area (Å²) in [6.07, 6.45) is 0. The van der Waals surface area contributed by atoms with Gasteiger partial charge in [-0.3, -0.25) is 9.59 Å². The highest BCUT2D eigenvalue weighted by Crippen LogP contribution is 2.37. The number of carbonyl (C=O) groups is 2. The molecule has 0 spiro atoms. The molecule has 1 aliphatic rings. The molecule has 0 fully saturated rings. The number of hydrogen-bond donors (Lipinski definition) is 1. The van der Waals surface area contributed by atoms with Crippen LogP contribution in [0.4, 0.5) is 10.1 Å². The summed E-state index contributed by atoms with van der Waals surface area (Å²) in [7, 11) is 1.65. The molecule has 5 nitrogen and oxygen atoms in total. The van der Waals surface area contributed by atoms with Crippen molar-refractivity contribution in [1.82, 2.24) is 4.90 Å². The number of aliphatic hydroxyl groups is 1. The zero-order valence-corrected chi connectivity index (χ0v) is 15.8. The molecule has 0 saturated carbocycles. The first-order valence-corrected chi connectivity index (χ1v) is 9.21. The van der Waals surface area contributed by atoms with Crippen molar-refractivity contribution in [1.29, 1.82) is 0 Å². The lowest BCUT2D eigenvalue weighted by molar-refractivity contribution is -0.120. The summed E-state index contributed by atoms with van der Waals surface area (Å²) in [5, 5.41) is 11.0. The van der Waals surface area contributed by atoms with Crippen molar-refractivity contribution in [2.24, 2.45) is 0 Å². The molecule has 0 bridgehead atoms. The molecule has 1 aliphatic heterocycles. The molecule has 3 aromatic carbocycles. The highest BCUT2D eigenvalue weighted by atomic mass is 19.1. The fourth-order valence-corrected chi connectivity index (χ4v) is 3.63. The van der Waals surface area contributed by atoms with E-state index in [1.165, 1.54) is 24.3 Å². The van der Waals surface area contributed by atoms with Crippen LogP contribution < -0.4 is 4.90 Å². The van der Waals surface area contributed by atoms with Crippen LogP contribution in [-0.4, -0.2) is 42.0 Å². The van der Waals surface area contributed by atoms with Gasteiger partial charge in [0, 0.05) is 19.0 Å². The molecule has 0 aliphatic carbocycles. The van der Waals surface area contributed by atoms with Gasteiger partial charge < -0.3 is 10.0 Å². The van der Waals surface area contributed by atoms with Gasteiger partial charge in [0.05, 0.1) is 17.9 Å². The maximum Gasteiger partial charge on any atom is 0.282 e. The second kappa shape index (κ2) is 7.48. The number of imide groups is 1. The van der Waals surface area contributed by atoms with Crippen LogP contribution >= 0.6 is 0 Å². The van der Waals surface area contributed by atoms with Crippen LogP contribution in [0, 0.1) is 5.82 Å². The summed E-state index contributed by atoms with van der Waals surface area (Å²) in [4.78, 5) is 29.5. The summed E-state index contributed by atoms with van der Waals surface area (Å²) >= 11 is 0. The van der Waals surface area contributed by atoms with Gasteiger partial charge in [-0.1, -0.05) is 48.5 Å². The zero-order valence-electron chi connectivity index (χ0n) is 15.8. The van der Waals surface area contributed by atoms with Crippen LogP contribution in [0.1, 0.15) is 5.56 Å². The largest absolute Gasteiger partial charge is 0.395 e. The Labute approximate surface area is 167 Å². The van der Waals surface area contributed by atoms with Crippen LogP contribution in [0.15, 0.2) is 72.4 Å². The third-order valence-corrected chi connectivity index (χ3v) is 5.02. The number of amides is 2. The van der Waals surface area contributed by atoms with Gasteiger partial charge in [-0.2, -0.15) is 0 Å². The standard InChI is InChI=1S/C23H19FN2O3/c1-25(13-14-27)21-20(16-9-11-17(24)12-10-16)22(28)26(23(21)29)19-8-4-6-15-5-2-3-7-18(15)19/h2-12,27H,13-14H2,1H3. The number of hydrogen-bond acceptors (Lipinski definition) is 4. The lowest BCUT2D eigenvalue weighted by Gasteiger charge is -2.21. The Morgan fingerprint density at radius 1 is 0.931 bits per heavy atom. The summed E-state index contributed by atoms with van der Waals surface area (Å²) < 4.78 is 13.4. The molecule has 1 N–H and O–H groups in total. The highest BCUT2D eigenvalue weighted by Gasteiger charge is 2.42. The van der Waals surface area contributed by atoms with E-state index in [1.807, 2.05) is 30.3 Å². The van der Waals surface area contributed by atoms with Crippen molar-refractivity contribution in [3.8, 4) is 0 Å². The van der Waals surface area contributed by atoms with Gasteiger partial charge in [0.1, 0.15) is 11.5 Å². The van der Waals surface area contributed by atoms with Crippen LogP contribution in [0.25, 0.3) is 16.3 Å². The van der Waals surface area contributed by atoms with Gasteiger partial charge in [-0.25, -0.2) is 9.29 Å². The van der Waals surface area contributed by atoms with Crippen molar-refractivity contribution in [2.45, 2.75) is 0 Å². The van der Waals surface area contributed by atoms with Crippen LogP contribution in [-0.2, 0) is 9.59 Å². The first-order chi connectivity index (χ1) is 14.0. The Balaban J connectivity index is 1.89. The second-order valence-electron chi connectivity index (χ2n) is 6.82. The lowest BCUT2D eigenvalue weighted by atomic mass is 10.0. The molecule has 1 heterocycles. The van der Waals surface area contributed by atoms with Crippen molar-refractivity contribution < 1.29 is 19.1 Å². The number of nitrogens with zero attached hydrogens (tertiary/aromatic N) is 2. The number of anilines is 1. The molecule has 0 radical (unpaired) electrons. The van der Waals surface area contributed by atoms with Crippen molar-refractivity contribution in [3.63, 3.8) is 0 Å². The summed E-state index contributed by atoms with van der Waals surface area (Å²) in [5.74, 6) is -1.37. The van der Waals surface area contributed by atoms with Crippen LogP contribution in [0.3, 0.4) is 0 Å². The molecule has 6 heteroatoms. The van der Waals surface area contributed by atoms with E-state index in [9.17, 15) is 19.1 Å². The van der Waals surface area contributed by atoms with Gasteiger partial charge >= 0.3 is 0 Å². The number of benzene rings is 3. The normalized spacial score (nSPS) is 14.2. The van der Waals surface area contributed by atoms with Gasteiger partial charge in [-0.15, -0.1) is 0 Å². The van der Waals surface area contributed by atoms with Gasteiger partial charge in [0.2, 0.25) is 0 Å². The van der Waals surface area contributed by atoms with Gasteiger partial charge in [0.15, 0.2) is 0 Å². The second-order valence-corrected chi connectivity index (χ2v) is 6.82. The topological polar surface area (TPSA) is 60.9 Å². The molecule has 29 heavy (non-hydrogen) atoms. The first kappa shape index (κ1) is 18.8. The molecule has 0 aromatic heterocycles. The molecule has 0 saturated heterocycles. The van der Waals surface area contributed by atoms with Crippen molar-refractivity contribution in [3.05, 3.63) is 83.8 Å². The Morgan fingerprint density at radius 2 is 1.62 bits per heavy atom. The van der Waals surface area contributed by atoms with E-state index in [-0.39, 0.29) is 24.4 Å². The molecular weight excluding hydrogens is 371 g/mol. The Kier molecular flexibility index (Phi) is 4.86. The SMILES string of the molecule is CN(CCO)C1=C(c2ccc(F)cc2)C(=O)N(c2cccc3ccccc23)C1=O. The number of likely N-dealkylation sites (N-methyl/N-ethyl adjacent to an activating group) is 1. The molecular formula is C23H19FN2O3. The maximum absolute atomic E-state index is 13.4. The highest BCUT2D eigenvalue weighted by molar-refractivity contribution is 6.46. The van der Waals surface area contributed by atoms with Crippen LogP contribution in [0.5, 0.6) is 0 Å². The quantitative estimate of drug-likeness (QED) is 0.680. The molecule has 0 atom stereocenters. The average molecular weight is 390 g/mol. The van der Waals surface area contributed by atoms with E-state index in [0.29, 0.717) is 11.3 Å². The van der Waals surface area contributed by atoms with E-state index in [4.69, 9.17) is 0 Å². The average Bonchev–Trinajstić information content (AvgIpc) is 2.98. The van der Waals surface area contributed by atoms with E-state index in [2.05, 4.69) is 0 Å². The number of rotatable bonds is 5. The van der Waals surface area contributed by atoms with E-state index in [0.717, 1.165) is 15.7 Å². The maximum atomic E-state index is 13.4. The van der Waals surface area contributed by atoms with E-state index >= 15 is 0 Å². The fourth-order valence-electron chi connectivity index (χ4n) is 3.63. The van der Waals surface area contributed by atoms with E-state index in [1.54, 1.807) is 24.1 Å². The smallest absolute Gasteiger partial charge is 0.282 e. The minimum atomic E-state index is -0.474. The number of fused-ring (bicyclic) bond motifs is 1. The summed E-state index contributed by atoms with van der Waals surface area (Å²) in [6.45, 7) is 0.00879. The predicted octanol–water partition coefficient (Wildman–Crippen LogP) is 3.19. The number of aliphatic hydroxyl groups excluding tert-OH is 1. The van der Waals surface area contributed by atoms with Crippen molar-refractivity contribution in [2.75, 3.05) is 25.1 Å². The molecule has 4 rings (SSSR count). The molecule has 0 unspecified atom stereocenters. The monoisotopic (exact) mass is 390 g/mol. The third-order valence-electron chi connectivity index (χ3n) is 5.02. The minimum absolute atomic E-state index is 0.174. The Morgan fingerprint density at radius 3 is 2.34 bits per heavy atom. The van der Waals surface area contributed by atoms with E-state index < -0.39 is 17.6 Å². The number of carbonyl (C=O) groups excluding carboxylic acids is 2. The Bertz CT molecular complexity index is 1130. The van der Waals surface area contributed by atoms with Crippen LogP contribution in [0.2, 0.25) is 0 Å². The van der Waals surface area contributed by atoms with Gasteiger partial charge in [-0.05, 0) is 29.1 Å². The molecule has 2 amide bonds. The minimum Gasteiger partial charge on any atom is -0.395 e. The zero-order chi connectivity index (χ0) is 20.5.